The predicted octanol–water partition coefficient (Wildman–Crippen LogP) is 2.62. The van der Waals surface area contributed by atoms with E-state index in [1.807, 2.05) is 12.1 Å². The molecule has 2 nitrogen and oxygen atoms in total. The molecule has 0 spiro atoms. The van der Waals surface area contributed by atoms with Crippen molar-refractivity contribution in [2.24, 2.45) is 11.1 Å². The standard InChI is InChI=1S/C14H23NOS/c1-12-6-4-5-7-13(12)10-17(16)9-8-14(2,3)11-15/h4-7H,8-11,15H2,1-3H3. The van der Waals surface area contributed by atoms with E-state index in [4.69, 9.17) is 5.73 Å². The van der Waals surface area contributed by atoms with E-state index in [9.17, 15) is 4.21 Å². The van der Waals surface area contributed by atoms with E-state index < -0.39 is 10.8 Å². The summed E-state index contributed by atoms with van der Waals surface area (Å²) in [6.45, 7) is 6.96. The van der Waals surface area contributed by atoms with E-state index in [0.29, 0.717) is 12.3 Å². The summed E-state index contributed by atoms with van der Waals surface area (Å²) in [5, 5.41) is 0. The van der Waals surface area contributed by atoms with Crippen molar-refractivity contribution >= 4 is 10.8 Å². The van der Waals surface area contributed by atoms with Crippen molar-refractivity contribution < 1.29 is 4.21 Å². The summed E-state index contributed by atoms with van der Waals surface area (Å²) in [6, 6.07) is 8.14. The molecule has 2 N–H and O–H groups in total. The quantitative estimate of drug-likeness (QED) is 0.847. The van der Waals surface area contributed by atoms with Crippen molar-refractivity contribution in [2.75, 3.05) is 12.3 Å². The Balaban J connectivity index is 2.48. The van der Waals surface area contributed by atoms with Crippen LogP contribution in [-0.4, -0.2) is 16.5 Å². The van der Waals surface area contributed by atoms with Gasteiger partial charge < -0.3 is 5.73 Å². The summed E-state index contributed by atoms with van der Waals surface area (Å²) in [6.07, 6.45) is 0.919. The van der Waals surface area contributed by atoms with E-state index in [0.717, 1.165) is 12.2 Å². The molecular formula is C14H23NOS. The number of benzene rings is 1. The number of aryl methyl sites for hydroxylation is 1. The molecule has 0 bridgehead atoms. The molecule has 0 amide bonds. The normalized spacial score (nSPS) is 13.6. The lowest BCUT2D eigenvalue weighted by Crippen LogP contribution is -2.25. The van der Waals surface area contributed by atoms with Crippen molar-refractivity contribution in [3.8, 4) is 0 Å². The van der Waals surface area contributed by atoms with E-state index in [-0.39, 0.29) is 5.41 Å². The lowest BCUT2D eigenvalue weighted by Gasteiger charge is -2.21. The molecule has 1 unspecified atom stereocenters. The molecule has 0 aliphatic heterocycles. The van der Waals surface area contributed by atoms with Gasteiger partial charge in [0.2, 0.25) is 0 Å². The van der Waals surface area contributed by atoms with Crippen LogP contribution >= 0.6 is 0 Å². The first-order valence-corrected chi connectivity index (χ1v) is 7.53. The Hall–Kier alpha value is -0.670. The average molecular weight is 253 g/mol. The molecule has 0 aliphatic rings. The van der Waals surface area contributed by atoms with Crippen LogP contribution in [0.5, 0.6) is 0 Å². The van der Waals surface area contributed by atoms with Crippen molar-refractivity contribution in [1.29, 1.82) is 0 Å². The average Bonchev–Trinajstić information content (AvgIpc) is 2.30. The molecule has 0 radical (unpaired) electrons. The third-order valence-corrected chi connectivity index (χ3v) is 4.43. The van der Waals surface area contributed by atoms with Gasteiger partial charge in [-0.3, -0.25) is 4.21 Å². The van der Waals surface area contributed by atoms with Gasteiger partial charge in [0.05, 0.1) is 0 Å². The Bertz CT molecular complexity index is 388. The molecule has 1 aromatic rings. The summed E-state index contributed by atoms with van der Waals surface area (Å²) in [5.74, 6) is 1.39. The largest absolute Gasteiger partial charge is 0.330 e. The topological polar surface area (TPSA) is 43.1 Å². The van der Waals surface area contributed by atoms with Crippen molar-refractivity contribution in [1.82, 2.24) is 0 Å². The van der Waals surface area contributed by atoms with Crippen LogP contribution in [0.15, 0.2) is 24.3 Å². The molecule has 0 aromatic heterocycles. The van der Waals surface area contributed by atoms with Gasteiger partial charge in [0.15, 0.2) is 0 Å². The van der Waals surface area contributed by atoms with Crippen LogP contribution in [0.1, 0.15) is 31.4 Å². The van der Waals surface area contributed by atoms with Gasteiger partial charge in [-0.2, -0.15) is 0 Å². The Kier molecular flexibility index (Phi) is 5.34. The van der Waals surface area contributed by atoms with Gasteiger partial charge in [-0.15, -0.1) is 0 Å². The van der Waals surface area contributed by atoms with E-state index >= 15 is 0 Å². The third kappa shape index (κ3) is 5.00. The molecule has 1 aromatic carbocycles. The first-order chi connectivity index (χ1) is 7.94. The fourth-order valence-electron chi connectivity index (χ4n) is 1.51. The zero-order valence-electron chi connectivity index (χ0n) is 11.0. The van der Waals surface area contributed by atoms with Gasteiger partial charge in [0, 0.05) is 22.3 Å². The van der Waals surface area contributed by atoms with Crippen LogP contribution in [0.4, 0.5) is 0 Å². The predicted molar refractivity (Wildman–Crippen MR) is 75.3 cm³/mol. The smallest absolute Gasteiger partial charge is 0.0488 e. The second kappa shape index (κ2) is 6.31. The maximum absolute atomic E-state index is 12.0. The van der Waals surface area contributed by atoms with Crippen molar-refractivity contribution in [2.45, 2.75) is 32.9 Å². The summed E-state index contributed by atoms with van der Waals surface area (Å²) in [7, 11) is -0.785. The highest BCUT2D eigenvalue weighted by Crippen LogP contribution is 2.19. The van der Waals surface area contributed by atoms with Gasteiger partial charge in [-0.05, 0) is 36.4 Å². The molecule has 0 heterocycles. The summed E-state index contributed by atoms with van der Waals surface area (Å²) in [4.78, 5) is 0. The van der Waals surface area contributed by atoms with Crippen LogP contribution in [0.2, 0.25) is 0 Å². The Morgan fingerprint density at radius 2 is 1.94 bits per heavy atom. The molecular weight excluding hydrogens is 230 g/mol. The van der Waals surface area contributed by atoms with Gasteiger partial charge in [0.25, 0.3) is 0 Å². The zero-order valence-corrected chi connectivity index (χ0v) is 11.8. The lowest BCUT2D eigenvalue weighted by atomic mass is 9.91. The monoisotopic (exact) mass is 253 g/mol. The molecule has 96 valence electrons. The highest BCUT2D eigenvalue weighted by Gasteiger charge is 2.16. The maximum atomic E-state index is 12.0. The number of hydrogen-bond donors (Lipinski definition) is 1. The molecule has 0 saturated carbocycles. The van der Waals surface area contributed by atoms with Crippen LogP contribution in [0, 0.1) is 12.3 Å². The minimum Gasteiger partial charge on any atom is -0.330 e. The Labute approximate surface area is 107 Å². The summed E-state index contributed by atoms with van der Waals surface area (Å²) >= 11 is 0. The Morgan fingerprint density at radius 3 is 2.53 bits per heavy atom. The molecule has 3 heteroatoms. The highest BCUT2D eigenvalue weighted by atomic mass is 32.2. The van der Waals surface area contributed by atoms with Crippen LogP contribution in [0.25, 0.3) is 0 Å². The van der Waals surface area contributed by atoms with Crippen LogP contribution in [-0.2, 0) is 16.6 Å². The second-order valence-electron chi connectivity index (χ2n) is 5.33. The van der Waals surface area contributed by atoms with E-state index in [1.165, 1.54) is 11.1 Å². The molecule has 0 saturated heterocycles. The second-order valence-corrected chi connectivity index (χ2v) is 6.91. The fourth-order valence-corrected chi connectivity index (χ4v) is 3.11. The number of nitrogens with two attached hydrogens (primary N) is 1. The van der Waals surface area contributed by atoms with E-state index in [2.05, 4.69) is 32.9 Å². The van der Waals surface area contributed by atoms with Gasteiger partial charge in [-0.25, -0.2) is 0 Å². The fraction of sp³-hybridized carbons (Fsp3) is 0.571. The van der Waals surface area contributed by atoms with Gasteiger partial charge >= 0.3 is 0 Å². The lowest BCUT2D eigenvalue weighted by molar-refractivity contribution is 0.367. The SMILES string of the molecule is Cc1ccccc1CS(=O)CCC(C)(C)CN. The van der Waals surface area contributed by atoms with Gasteiger partial charge in [-0.1, -0.05) is 38.1 Å². The first kappa shape index (κ1) is 14.4. The minimum absolute atomic E-state index is 0.0986. The Morgan fingerprint density at radius 1 is 1.29 bits per heavy atom. The molecule has 17 heavy (non-hydrogen) atoms. The molecule has 0 fully saturated rings. The highest BCUT2D eigenvalue weighted by molar-refractivity contribution is 7.84. The minimum atomic E-state index is -0.785. The summed E-state index contributed by atoms with van der Waals surface area (Å²) in [5.41, 5.74) is 8.18. The molecule has 0 aliphatic carbocycles. The molecule has 1 atom stereocenters. The molecule has 1 rings (SSSR count). The third-order valence-electron chi connectivity index (χ3n) is 3.14. The number of rotatable bonds is 6. The van der Waals surface area contributed by atoms with Gasteiger partial charge in [0.1, 0.15) is 0 Å². The van der Waals surface area contributed by atoms with Crippen LogP contribution in [0.3, 0.4) is 0 Å². The zero-order chi connectivity index (χ0) is 12.9. The van der Waals surface area contributed by atoms with Crippen molar-refractivity contribution in [3.63, 3.8) is 0 Å². The maximum Gasteiger partial charge on any atom is 0.0488 e. The summed E-state index contributed by atoms with van der Waals surface area (Å²) < 4.78 is 12.0. The number of hydrogen-bond acceptors (Lipinski definition) is 2. The first-order valence-electron chi connectivity index (χ1n) is 6.04. The van der Waals surface area contributed by atoms with Crippen molar-refractivity contribution in [3.05, 3.63) is 35.4 Å². The van der Waals surface area contributed by atoms with E-state index in [1.54, 1.807) is 0 Å². The van der Waals surface area contributed by atoms with Crippen LogP contribution < -0.4 is 5.73 Å².